The fourth-order valence-electron chi connectivity index (χ4n) is 10.3. The van der Waals surface area contributed by atoms with Gasteiger partial charge in [-0.1, -0.05) is 44.2 Å². The highest BCUT2D eigenvalue weighted by atomic mass is 16.5. The van der Waals surface area contributed by atoms with Crippen LogP contribution in [0.15, 0.2) is 72.2 Å². The standard InChI is InChI=1S/C60H86N16O13.C2H4O2/c1-7-64-57(87)48-15-11-23-76(48)58(88)41(14-10-22-65-59(61)62)69-51(81)42(24-33(2)3)70-56(86)47(31-89-60(4,5)6)75-52(82)43(25-34-16-18-37(78)19-17-34)71-55(85)46(30-77)74-53(83)44(26-35-28-66-39-13-9-8-12-38(35)39)72-54(84)45(27-36-29-63-32-67-36)73-50(80)40-20-21-49(79)68-40;1-2(3)4/h8-9,12-13,16-19,28-29,32-33,40-48,66,77-78H,7,10-11,14-15,20-27,30-31H2,1-6H3,(H,63,67)(H,64,87)(H,68,79)(H,69,81)(H,70,86)(H,71,85)(H,72,84)(H,73,80)(H,74,83)(H,75,82)(H4,61,62,65);1H3,(H,3,4)/t40?,41-,42-,43-,44-,45-,46-,47+,48-;/m0./s1. The number of carbonyl (C=O) groups excluding carboxylic acids is 10. The lowest BCUT2D eigenvalue weighted by Crippen LogP contribution is -2.62. The minimum atomic E-state index is -1.78. The average molecular weight is 1300 g/mol. The molecule has 31 heteroatoms. The number of nitrogens with two attached hydrogens (primary N) is 2. The van der Waals surface area contributed by atoms with E-state index < -0.39 is 126 Å². The molecule has 2 fully saturated rings. The number of aliphatic hydroxyl groups excluding tert-OH is 1. The summed E-state index contributed by atoms with van der Waals surface area (Å²) in [7, 11) is 0. The van der Waals surface area contributed by atoms with E-state index in [0.717, 1.165) is 6.92 Å². The predicted octanol–water partition coefficient (Wildman–Crippen LogP) is -1.58. The summed E-state index contributed by atoms with van der Waals surface area (Å²) in [6, 6.07) is 1.02. The molecule has 2 aliphatic heterocycles. The molecular formula is C62H90N16O15. The summed E-state index contributed by atoms with van der Waals surface area (Å²) in [5.41, 5.74) is 12.4. The Labute approximate surface area is 538 Å². The molecular weight excluding hydrogens is 1210 g/mol. The number of aromatic amines is 2. The number of benzene rings is 2. The van der Waals surface area contributed by atoms with Crippen molar-refractivity contribution in [2.24, 2.45) is 22.4 Å². The molecule has 4 heterocycles. The number of H-pyrrole nitrogens is 2. The molecule has 2 aromatic carbocycles. The largest absolute Gasteiger partial charge is 0.508 e. The van der Waals surface area contributed by atoms with E-state index in [9.17, 15) is 58.2 Å². The Morgan fingerprint density at radius 3 is 1.92 bits per heavy atom. The maximum atomic E-state index is 14.8. The molecule has 0 radical (unpaired) electrons. The number of aliphatic carboxylic acids is 1. The summed E-state index contributed by atoms with van der Waals surface area (Å²) in [6.07, 6.45) is 5.56. The maximum Gasteiger partial charge on any atom is 0.300 e. The number of likely N-dealkylation sites (N-methyl/N-ethyl adjacent to an activating group) is 1. The van der Waals surface area contributed by atoms with Gasteiger partial charge in [0.15, 0.2) is 5.96 Å². The number of aliphatic hydroxyl groups is 1. The summed E-state index contributed by atoms with van der Waals surface area (Å²) in [4.78, 5) is 165. The summed E-state index contributed by atoms with van der Waals surface area (Å²) < 4.78 is 6.04. The number of ether oxygens (including phenoxy) is 1. The number of phenolic OH excluding ortho intramolecular Hbond substituents is 1. The average Bonchev–Trinajstić information content (AvgIpc) is 1.78. The molecule has 4 aromatic rings. The molecule has 2 saturated heterocycles. The van der Waals surface area contributed by atoms with Crippen molar-refractivity contribution in [1.82, 2.24) is 67.7 Å². The number of phenols is 1. The number of carboxylic acids is 1. The highest BCUT2D eigenvalue weighted by molar-refractivity contribution is 5.99. The number of carbonyl (C=O) groups is 11. The molecule has 10 amide bonds. The summed E-state index contributed by atoms with van der Waals surface area (Å²) in [6.45, 7) is 10.9. The number of carboxylic acid groups (broad SMARTS) is 1. The molecule has 2 aromatic heterocycles. The number of nitrogens with one attached hydrogen (secondary N) is 11. The minimum Gasteiger partial charge on any atom is -0.508 e. The lowest BCUT2D eigenvalue weighted by atomic mass is 10.0. The first-order valence-electron chi connectivity index (χ1n) is 30.9. The Bertz CT molecular complexity index is 3230. The molecule has 0 bridgehead atoms. The first kappa shape index (κ1) is 74.1. The number of rotatable bonds is 32. The van der Waals surface area contributed by atoms with Crippen molar-refractivity contribution < 1.29 is 72.8 Å². The second kappa shape index (κ2) is 35.8. The number of aromatic nitrogens is 3. The van der Waals surface area contributed by atoms with Crippen LogP contribution in [0.5, 0.6) is 5.75 Å². The monoisotopic (exact) mass is 1300 g/mol. The summed E-state index contributed by atoms with van der Waals surface area (Å²) in [5, 5.41) is 53.2. The first-order valence-corrected chi connectivity index (χ1v) is 30.9. The van der Waals surface area contributed by atoms with Crippen molar-refractivity contribution in [3.8, 4) is 5.75 Å². The van der Waals surface area contributed by atoms with E-state index in [1.807, 2.05) is 13.8 Å². The normalized spacial score (nSPS) is 16.7. The highest BCUT2D eigenvalue weighted by Crippen LogP contribution is 2.22. The zero-order valence-corrected chi connectivity index (χ0v) is 53.5. The van der Waals surface area contributed by atoms with E-state index in [0.29, 0.717) is 47.1 Å². The molecule has 0 aliphatic carbocycles. The zero-order chi connectivity index (χ0) is 68.5. The molecule has 508 valence electrons. The summed E-state index contributed by atoms with van der Waals surface area (Å²) in [5.74, 6) is -8.56. The van der Waals surface area contributed by atoms with Gasteiger partial charge in [-0.25, -0.2) is 4.98 Å². The molecule has 2 aliphatic rings. The quantitative estimate of drug-likeness (QED) is 0.0149. The minimum absolute atomic E-state index is 0.0578. The second-order valence-electron chi connectivity index (χ2n) is 24.1. The zero-order valence-electron chi connectivity index (χ0n) is 53.5. The van der Waals surface area contributed by atoms with E-state index >= 15 is 0 Å². The number of aromatic hydroxyl groups is 1. The molecule has 0 saturated carbocycles. The number of para-hydroxylation sites is 1. The summed E-state index contributed by atoms with van der Waals surface area (Å²) >= 11 is 0. The third-order valence-corrected chi connectivity index (χ3v) is 14.9. The van der Waals surface area contributed by atoms with E-state index in [1.165, 1.54) is 41.7 Å². The van der Waals surface area contributed by atoms with Gasteiger partial charge in [0.2, 0.25) is 59.1 Å². The van der Waals surface area contributed by atoms with Gasteiger partial charge in [-0.2, -0.15) is 0 Å². The number of nitrogens with zero attached hydrogens (tertiary/aromatic N) is 3. The van der Waals surface area contributed by atoms with Gasteiger partial charge in [-0.05, 0) is 101 Å². The van der Waals surface area contributed by atoms with Crippen LogP contribution < -0.4 is 59.3 Å². The van der Waals surface area contributed by atoms with Gasteiger partial charge in [0.05, 0.1) is 25.1 Å². The Balaban J connectivity index is 0.00000380. The van der Waals surface area contributed by atoms with Crippen LogP contribution in [0.3, 0.4) is 0 Å². The fourth-order valence-corrected chi connectivity index (χ4v) is 10.3. The highest BCUT2D eigenvalue weighted by Gasteiger charge is 2.40. The predicted molar refractivity (Wildman–Crippen MR) is 340 cm³/mol. The van der Waals surface area contributed by atoms with Crippen molar-refractivity contribution in [1.29, 1.82) is 0 Å². The topological polar surface area (TPSA) is 478 Å². The number of fused-ring (bicyclic) bond motifs is 1. The van der Waals surface area contributed by atoms with Crippen molar-refractivity contribution in [2.45, 2.75) is 173 Å². The third-order valence-electron chi connectivity index (χ3n) is 14.9. The molecule has 0 spiro atoms. The lowest BCUT2D eigenvalue weighted by molar-refractivity contribution is -0.142. The number of likely N-dealkylation sites (tertiary alicyclic amines) is 1. The number of guanidine groups is 1. The molecule has 9 atom stereocenters. The molecule has 93 heavy (non-hydrogen) atoms. The Kier molecular flexibility index (Phi) is 28.5. The fraction of sp³-hybridized carbons (Fsp3) is 0.532. The van der Waals surface area contributed by atoms with Gasteiger partial charge in [0.1, 0.15) is 60.1 Å². The van der Waals surface area contributed by atoms with Gasteiger partial charge in [0.25, 0.3) is 5.97 Å². The van der Waals surface area contributed by atoms with E-state index in [1.54, 1.807) is 58.2 Å². The van der Waals surface area contributed by atoms with E-state index in [-0.39, 0.29) is 93.9 Å². The maximum absolute atomic E-state index is 14.8. The number of aliphatic imine (C=N–C) groups is 1. The van der Waals surface area contributed by atoms with Crippen LogP contribution in [0.4, 0.5) is 0 Å². The van der Waals surface area contributed by atoms with Gasteiger partial charge >= 0.3 is 0 Å². The number of hydrogen-bond acceptors (Lipinski definition) is 16. The molecule has 6 rings (SSSR count). The molecule has 31 nitrogen and oxygen atoms in total. The number of hydrogen-bond donors (Lipinski definition) is 16. The Morgan fingerprint density at radius 1 is 0.753 bits per heavy atom. The van der Waals surface area contributed by atoms with Crippen molar-refractivity contribution in [2.75, 3.05) is 32.8 Å². The van der Waals surface area contributed by atoms with E-state index in [4.69, 9.17) is 26.1 Å². The number of amides is 10. The third kappa shape index (κ3) is 24.2. The van der Waals surface area contributed by atoms with Crippen molar-refractivity contribution in [3.05, 3.63) is 84.1 Å². The van der Waals surface area contributed by atoms with Gasteiger partial charge in [-0.15, -0.1) is 0 Å². The van der Waals surface area contributed by atoms with Gasteiger partial charge in [0, 0.05) is 81.2 Å². The SMILES string of the molecule is CC(=O)O.CCNC(=O)[C@@H]1CCCN1C(=O)[C@H](CCCN=C(N)N)NC(=O)[C@H](CC(C)C)NC(=O)[C@@H](COC(C)(C)C)NC(=O)[C@H](Cc1ccc(O)cc1)NC(=O)[C@H](CO)NC(=O)[C@H](Cc1c[nH]c2ccccc12)NC(=O)[C@H](Cc1cnc[nH]1)NC(=O)C1CCC(=O)N1. The molecule has 1 unspecified atom stereocenters. The smallest absolute Gasteiger partial charge is 0.300 e. The van der Waals surface area contributed by atoms with Crippen LogP contribution in [0, 0.1) is 5.92 Å². The van der Waals surface area contributed by atoms with Crippen LogP contribution in [0.1, 0.15) is 110 Å². The van der Waals surface area contributed by atoms with Gasteiger partial charge < -0.3 is 94.2 Å². The molecule has 18 N–H and O–H groups in total. The van der Waals surface area contributed by atoms with Crippen LogP contribution in [0.25, 0.3) is 10.9 Å². The van der Waals surface area contributed by atoms with Crippen LogP contribution >= 0.6 is 0 Å². The Hall–Kier alpha value is -9.65. The Morgan fingerprint density at radius 2 is 1.33 bits per heavy atom. The second-order valence-corrected chi connectivity index (χ2v) is 24.1. The lowest BCUT2D eigenvalue weighted by Gasteiger charge is -2.31. The van der Waals surface area contributed by atoms with Crippen LogP contribution in [-0.2, 0) is 76.7 Å². The van der Waals surface area contributed by atoms with Crippen LogP contribution in [0.2, 0.25) is 0 Å². The van der Waals surface area contributed by atoms with Crippen LogP contribution in [-0.4, -0.2) is 199 Å². The van der Waals surface area contributed by atoms with Crippen molar-refractivity contribution in [3.63, 3.8) is 0 Å². The van der Waals surface area contributed by atoms with Gasteiger partial charge in [-0.3, -0.25) is 57.7 Å². The van der Waals surface area contributed by atoms with Crippen molar-refractivity contribution >= 4 is 81.9 Å². The first-order chi connectivity index (χ1) is 44.0. The van der Waals surface area contributed by atoms with E-state index in [2.05, 4.69) is 67.8 Å². The number of imidazole rings is 1.